The minimum Gasteiger partial charge on any atom is -0.396 e. The summed E-state index contributed by atoms with van der Waals surface area (Å²) in [6.07, 6.45) is 3.86. The molecule has 1 unspecified atom stereocenters. The first-order chi connectivity index (χ1) is 7.13. The molecule has 1 aromatic rings. The fourth-order valence-corrected chi connectivity index (χ4v) is 2.25. The fraction of sp³-hybridized carbons (Fsp3) is 0.500. The molecule has 1 aromatic heterocycles. The van der Waals surface area contributed by atoms with E-state index in [4.69, 9.17) is 5.73 Å². The van der Waals surface area contributed by atoms with Gasteiger partial charge in [-0.2, -0.15) is 11.8 Å². The van der Waals surface area contributed by atoms with Gasteiger partial charge in [0.1, 0.15) is 5.82 Å². The Morgan fingerprint density at radius 2 is 2.40 bits per heavy atom. The maximum atomic E-state index is 5.82. The van der Waals surface area contributed by atoms with E-state index in [1.165, 1.54) is 0 Å². The topological polar surface area (TPSA) is 50.9 Å². The number of hydrogen-bond donors (Lipinski definition) is 2. The standard InChI is InChI=1S/C10H16BrN3S/c1-7(6-15-2)4-13-10-9(12)3-8(11)5-14-10/h3,5,7H,4,6,12H2,1-2H3,(H,13,14). The van der Waals surface area contributed by atoms with Gasteiger partial charge in [0.25, 0.3) is 0 Å². The summed E-state index contributed by atoms with van der Waals surface area (Å²) in [5.74, 6) is 2.53. The lowest BCUT2D eigenvalue weighted by molar-refractivity contribution is 0.700. The first kappa shape index (κ1) is 12.6. The minimum absolute atomic E-state index is 0.616. The molecule has 3 nitrogen and oxygen atoms in total. The molecule has 0 spiro atoms. The van der Waals surface area contributed by atoms with Crippen molar-refractivity contribution in [2.24, 2.45) is 5.92 Å². The number of nitrogens with one attached hydrogen (secondary N) is 1. The van der Waals surface area contributed by atoms with Crippen LogP contribution >= 0.6 is 27.7 Å². The minimum atomic E-state index is 0.616. The van der Waals surface area contributed by atoms with E-state index in [1.54, 1.807) is 6.20 Å². The van der Waals surface area contributed by atoms with E-state index in [2.05, 4.69) is 39.4 Å². The van der Waals surface area contributed by atoms with Crippen molar-refractivity contribution in [3.63, 3.8) is 0 Å². The average Bonchev–Trinajstić information content (AvgIpc) is 2.17. The maximum absolute atomic E-state index is 5.82. The molecule has 0 aliphatic carbocycles. The van der Waals surface area contributed by atoms with E-state index >= 15 is 0 Å². The molecule has 15 heavy (non-hydrogen) atoms. The number of nitrogens with zero attached hydrogens (tertiary/aromatic N) is 1. The van der Waals surface area contributed by atoms with Crippen molar-refractivity contribution in [1.29, 1.82) is 0 Å². The fourth-order valence-electron chi connectivity index (χ4n) is 1.22. The van der Waals surface area contributed by atoms with Crippen molar-refractivity contribution in [1.82, 2.24) is 4.98 Å². The second-order valence-corrected chi connectivity index (χ2v) is 5.36. The summed E-state index contributed by atoms with van der Waals surface area (Å²) in [6, 6.07) is 1.86. The highest BCUT2D eigenvalue weighted by Gasteiger charge is 2.04. The molecule has 1 atom stereocenters. The van der Waals surface area contributed by atoms with E-state index < -0.39 is 0 Å². The molecule has 5 heteroatoms. The highest BCUT2D eigenvalue weighted by molar-refractivity contribution is 9.10. The smallest absolute Gasteiger partial charge is 0.149 e. The molecule has 0 bridgehead atoms. The van der Waals surface area contributed by atoms with Gasteiger partial charge in [0.2, 0.25) is 0 Å². The highest BCUT2D eigenvalue weighted by atomic mass is 79.9. The van der Waals surface area contributed by atoms with Crippen LogP contribution < -0.4 is 11.1 Å². The van der Waals surface area contributed by atoms with Gasteiger partial charge < -0.3 is 11.1 Å². The van der Waals surface area contributed by atoms with Crippen LogP contribution in [0.3, 0.4) is 0 Å². The lowest BCUT2D eigenvalue weighted by Crippen LogP contribution is -2.15. The van der Waals surface area contributed by atoms with Crippen LogP contribution in [0.15, 0.2) is 16.7 Å². The van der Waals surface area contributed by atoms with Crippen molar-refractivity contribution < 1.29 is 0 Å². The van der Waals surface area contributed by atoms with Crippen LogP contribution in [0.25, 0.3) is 0 Å². The molecule has 0 saturated heterocycles. The monoisotopic (exact) mass is 289 g/mol. The van der Waals surface area contributed by atoms with E-state index in [9.17, 15) is 0 Å². The molecule has 1 heterocycles. The van der Waals surface area contributed by atoms with Crippen LogP contribution in [0.5, 0.6) is 0 Å². The average molecular weight is 290 g/mol. The summed E-state index contributed by atoms with van der Waals surface area (Å²) in [7, 11) is 0. The van der Waals surface area contributed by atoms with E-state index in [0.717, 1.165) is 22.6 Å². The van der Waals surface area contributed by atoms with Gasteiger partial charge in [-0.25, -0.2) is 4.98 Å². The largest absolute Gasteiger partial charge is 0.396 e. The summed E-state index contributed by atoms with van der Waals surface area (Å²) in [5, 5.41) is 3.25. The van der Waals surface area contributed by atoms with Gasteiger partial charge in [-0.15, -0.1) is 0 Å². The SMILES string of the molecule is CSCC(C)CNc1ncc(Br)cc1N. The van der Waals surface area contributed by atoms with Gasteiger partial charge in [0, 0.05) is 17.2 Å². The van der Waals surface area contributed by atoms with E-state index in [0.29, 0.717) is 11.6 Å². The van der Waals surface area contributed by atoms with Crippen LogP contribution in [0.1, 0.15) is 6.92 Å². The predicted octanol–water partition coefficient (Wildman–Crippen LogP) is 2.84. The Morgan fingerprint density at radius 3 is 3.00 bits per heavy atom. The molecular formula is C10H16BrN3S. The van der Waals surface area contributed by atoms with Gasteiger partial charge in [0.15, 0.2) is 0 Å². The number of pyridine rings is 1. The Kier molecular flexibility index (Phi) is 5.25. The number of aromatic nitrogens is 1. The molecule has 3 N–H and O–H groups in total. The first-order valence-electron chi connectivity index (χ1n) is 4.77. The van der Waals surface area contributed by atoms with Crippen LogP contribution in [0.2, 0.25) is 0 Å². The van der Waals surface area contributed by atoms with Crippen LogP contribution in [0.4, 0.5) is 11.5 Å². The van der Waals surface area contributed by atoms with Gasteiger partial charge in [-0.3, -0.25) is 0 Å². The third kappa shape index (κ3) is 4.30. The summed E-state index contributed by atoms with van der Waals surface area (Å²) < 4.78 is 0.905. The summed E-state index contributed by atoms with van der Waals surface area (Å²) in [4.78, 5) is 4.22. The molecule has 1 rings (SSSR count). The number of thioether (sulfide) groups is 1. The Bertz CT molecular complexity index is 320. The molecule has 0 aliphatic heterocycles. The number of halogens is 1. The first-order valence-corrected chi connectivity index (χ1v) is 6.96. The van der Waals surface area contributed by atoms with Crippen molar-refractivity contribution >= 4 is 39.2 Å². The molecular weight excluding hydrogens is 274 g/mol. The van der Waals surface area contributed by atoms with Gasteiger partial charge in [0.05, 0.1) is 5.69 Å². The van der Waals surface area contributed by atoms with Crippen molar-refractivity contribution in [2.45, 2.75) is 6.92 Å². The predicted molar refractivity (Wildman–Crippen MR) is 72.4 cm³/mol. The lowest BCUT2D eigenvalue weighted by atomic mass is 10.2. The number of anilines is 2. The highest BCUT2D eigenvalue weighted by Crippen LogP contribution is 2.20. The lowest BCUT2D eigenvalue weighted by Gasteiger charge is -2.12. The molecule has 0 radical (unpaired) electrons. The molecule has 84 valence electrons. The Balaban J connectivity index is 2.50. The van der Waals surface area contributed by atoms with Crippen molar-refractivity contribution in [2.75, 3.05) is 29.6 Å². The Labute approximate surface area is 103 Å². The van der Waals surface area contributed by atoms with Crippen LogP contribution in [-0.2, 0) is 0 Å². The summed E-state index contributed by atoms with van der Waals surface area (Å²) >= 11 is 5.18. The van der Waals surface area contributed by atoms with Crippen LogP contribution in [0, 0.1) is 5.92 Å². The van der Waals surface area contributed by atoms with E-state index in [1.807, 2.05) is 17.8 Å². The summed E-state index contributed by atoms with van der Waals surface area (Å²) in [6.45, 7) is 3.11. The van der Waals surface area contributed by atoms with Crippen LogP contribution in [-0.4, -0.2) is 23.5 Å². The van der Waals surface area contributed by atoms with Gasteiger partial charge >= 0.3 is 0 Å². The normalized spacial score (nSPS) is 12.5. The molecule has 0 saturated carbocycles. The zero-order chi connectivity index (χ0) is 11.3. The second kappa shape index (κ2) is 6.23. The quantitative estimate of drug-likeness (QED) is 0.875. The number of rotatable bonds is 5. The van der Waals surface area contributed by atoms with E-state index in [-0.39, 0.29) is 0 Å². The third-order valence-electron chi connectivity index (χ3n) is 1.95. The summed E-state index contributed by atoms with van der Waals surface area (Å²) in [5.41, 5.74) is 6.50. The zero-order valence-corrected chi connectivity index (χ0v) is 11.4. The van der Waals surface area contributed by atoms with Crippen molar-refractivity contribution in [3.8, 4) is 0 Å². The Morgan fingerprint density at radius 1 is 1.67 bits per heavy atom. The number of nitrogen functional groups attached to an aromatic ring is 1. The second-order valence-electron chi connectivity index (χ2n) is 3.53. The molecule has 0 aliphatic rings. The number of nitrogens with two attached hydrogens (primary N) is 1. The van der Waals surface area contributed by atoms with Gasteiger partial charge in [-0.1, -0.05) is 6.92 Å². The third-order valence-corrected chi connectivity index (χ3v) is 3.29. The van der Waals surface area contributed by atoms with Gasteiger partial charge in [-0.05, 0) is 39.9 Å². The Hall–Kier alpha value is -0.420. The maximum Gasteiger partial charge on any atom is 0.149 e. The molecule has 0 fully saturated rings. The molecule has 0 aromatic carbocycles. The van der Waals surface area contributed by atoms with Crippen molar-refractivity contribution in [3.05, 3.63) is 16.7 Å². The zero-order valence-electron chi connectivity index (χ0n) is 8.96. The number of hydrogen-bond acceptors (Lipinski definition) is 4. The molecule has 0 amide bonds.